The van der Waals surface area contributed by atoms with Crippen LogP contribution in [0.4, 0.5) is 4.79 Å². The maximum Gasteiger partial charge on any atom is 0.321 e. The number of urea groups is 1. The smallest absolute Gasteiger partial charge is 0.321 e. The molecule has 2 N–H and O–H groups in total. The fourth-order valence-corrected chi connectivity index (χ4v) is 6.01. The Kier molecular flexibility index (Phi) is 7.17. The third-order valence-electron chi connectivity index (χ3n) is 8.46. The molecular weight excluding hydrogens is 430 g/mol. The normalized spacial score (nSPS) is 27.2. The molecule has 34 heavy (non-hydrogen) atoms. The predicted molar refractivity (Wildman–Crippen MR) is 131 cm³/mol. The number of carbonyl (C=O) groups excluding carboxylic acids is 3. The third-order valence-corrected chi connectivity index (χ3v) is 8.46. The molecule has 2 saturated carbocycles. The minimum Gasteiger partial charge on any atom is -0.358 e. The molecule has 0 radical (unpaired) electrons. The molecule has 8 heteroatoms. The van der Waals surface area contributed by atoms with Crippen molar-refractivity contribution in [2.45, 2.75) is 56.0 Å². The van der Waals surface area contributed by atoms with Gasteiger partial charge in [0, 0.05) is 25.7 Å². The Morgan fingerprint density at radius 3 is 2.29 bits per heavy atom. The van der Waals surface area contributed by atoms with Crippen molar-refractivity contribution >= 4 is 17.8 Å². The van der Waals surface area contributed by atoms with Crippen molar-refractivity contribution in [3.05, 3.63) is 35.9 Å². The van der Waals surface area contributed by atoms with Crippen LogP contribution >= 0.6 is 0 Å². The lowest BCUT2D eigenvalue weighted by atomic mass is 9.68. The van der Waals surface area contributed by atoms with Crippen molar-refractivity contribution < 1.29 is 14.4 Å². The lowest BCUT2D eigenvalue weighted by Gasteiger charge is -2.51. The molecule has 1 heterocycles. The van der Waals surface area contributed by atoms with Crippen molar-refractivity contribution in [1.29, 1.82) is 0 Å². The van der Waals surface area contributed by atoms with Gasteiger partial charge in [-0.15, -0.1) is 0 Å². The molecule has 4 rings (SSSR count). The lowest BCUT2D eigenvalue weighted by Crippen LogP contribution is -2.56. The van der Waals surface area contributed by atoms with Crippen LogP contribution in [-0.2, 0) is 15.1 Å². The van der Waals surface area contributed by atoms with E-state index >= 15 is 0 Å². The van der Waals surface area contributed by atoms with Gasteiger partial charge in [-0.3, -0.25) is 14.5 Å². The Bertz CT molecular complexity index is 891. The van der Waals surface area contributed by atoms with Gasteiger partial charge < -0.3 is 20.4 Å². The maximum absolute atomic E-state index is 13.5. The number of amides is 4. The third kappa shape index (κ3) is 4.65. The highest BCUT2D eigenvalue weighted by Crippen LogP contribution is 2.49. The van der Waals surface area contributed by atoms with Crippen LogP contribution in [0.5, 0.6) is 0 Å². The van der Waals surface area contributed by atoms with Crippen LogP contribution in [0.25, 0.3) is 0 Å². The molecule has 0 unspecified atom stereocenters. The summed E-state index contributed by atoms with van der Waals surface area (Å²) in [6, 6.07) is 10.7. The van der Waals surface area contributed by atoms with Gasteiger partial charge in [0.05, 0.1) is 12.1 Å². The second-order valence-electron chi connectivity index (χ2n) is 10.5. The van der Waals surface area contributed by atoms with Crippen molar-refractivity contribution in [1.82, 2.24) is 25.3 Å². The Balaban J connectivity index is 1.51. The number of rotatable bonds is 8. The minimum absolute atomic E-state index is 0.00372. The highest BCUT2D eigenvalue weighted by Gasteiger charge is 2.55. The Morgan fingerprint density at radius 2 is 1.74 bits per heavy atom. The van der Waals surface area contributed by atoms with Crippen LogP contribution in [-0.4, -0.2) is 85.4 Å². The second-order valence-corrected chi connectivity index (χ2v) is 10.5. The van der Waals surface area contributed by atoms with Crippen LogP contribution in [0.3, 0.4) is 0 Å². The molecule has 3 fully saturated rings. The topological polar surface area (TPSA) is 85.0 Å². The van der Waals surface area contributed by atoms with E-state index in [0.29, 0.717) is 12.5 Å². The number of carbonyl (C=O) groups is 3. The van der Waals surface area contributed by atoms with E-state index in [1.807, 2.05) is 0 Å². The van der Waals surface area contributed by atoms with E-state index in [1.54, 1.807) is 4.90 Å². The zero-order chi connectivity index (χ0) is 24.3. The number of hydrogen-bond donors (Lipinski definition) is 2. The van der Waals surface area contributed by atoms with Crippen LogP contribution in [0.1, 0.15) is 50.5 Å². The first-order chi connectivity index (χ1) is 16.3. The summed E-state index contributed by atoms with van der Waals surface area (Å²) in [6.07, 6.45) is 7.35. The Labute approximate surface area is 203 Å². The van der Waals surface area contributed by atoms with Gasteiger partial charge in [-0.25, -0.2) is 4.79 Å². The summed E-state index contributed by atoms with van der Waals surface area (Å²) in [5.74, 6) is 0.0234. The van der Waals surface area contributed by atoms with Gasteiger partial charge in [-0.05, 0) is 64.1 Å². The summed E-state index contributed by atoms with van der Waals surface area (Å²) >= 11 is 0. The molecule has 8 nitrogen and oxygen atoms in total. The number of hydrogen-bond acceptors (Lipinski definition) is 4. The molecule has 1 saturated heterocycles. The van der Waals surface area contributed by atoms with Crippen LogP contribution in [0.2, 0.25) is 0 Å². The van der Waals surface area contributed by atoms with Crippen molar-refractivity contribution in [3.8, 4) is 0 Å². The van der Waals surface area contributed by atoms with Crippen LogP contribution in [0, 0.1) is 5.92 Å². The molecular formula is C26H39N5O3. The number of nitrogens with one attached hydrogen (secondary N) is 2. The molecule has 0 aromatic heterocycles. The molecule has 1 aromatic rings. The zero-order valence-corrected chi connectivity index (χ0v) is 20.8. The highest BCUT2D eigenvalue weighted by atomic mass is 16.2. The minimum atomic E-state index is -0.291. The predicted octanol–water partition coefficient (Wildman–Crippen LogP) is 2.16. The van der Waals surface area contributed by atoms with Crippen molar-refractivity contribution in [2.75, 3.05) is 47.3 Å². The van der Waals surface area contributed by atoms with E-state index < -0.39 is 0 Å². The van der Waals surface area contributed by atoms with Crippen LogP contribution in [0.15, 0.2) is 30.3 Å². The number of benzene rings is 1. The second kappa shape index (κ2) is 9.94. The van der Waals surface area contributed by atoms with Gasteiger partial charge in [-0.2, -0.15) is 0 Å². The first-order valence-electron chi connectivity index (χ1n) is 12.6. The van der Waals surface area contributed by atoms with E-state index in [9.17, 15) is 14.4 Å². The fourth-order valence-electron chi connectivity index (χ4n) is 6.01. The average molecular weight is 470 g/mol. The Hall–Kier alpha value is -2.61. The van der Waals surface area contributed by atoms with E-state index in [0.717, 1.165) is 32.2 Å². The molecule has 0 atom stereocenters. The first-order valence-corrected chi connectivity index (χ1v) is 12.6. The molecule has 186 valence electrons. The lowest BCUT2D eigenvalue weighted by molar-refractivity contribution is -0.126. The summed E-state index contributed by atoms with van der Waals surface area (Å²) in [6.45, 7) is 1.28. The van der Waals surface area contributed by atoms with E-state index in [2.05, 4.69) is 64.9 Å². The summed E-state index contributed by atoms with van der Waals surface area (Å²) in [7, 11) is 5.84. The van der Waals surface area contributed by atoms with Gasteiger partial charge in [0.1, 0.15) is 6.54 Å². The SMILES string of the molecule is CNC(=O)CNC(=O)CN1CC2(CCC(c3ccccc3)(N(C)C)CC2)N(CC2CCC2)C1=O. The Morgan fingerprint density at radius 1 is 1.06 bits per heavy atom. The van der Waals surface area contributed by atoms with Crippen molar-refractivity contribution in [3.63, 3.8) is 0 Å². The number of nitrogens with zero attached hydrogens (tertiary/aromatic N) is 3. The summed E-state index contributed by atoms with van der Waals surface area (Å²) in [4.78, 5) is 43.7. The summed E-state index contributed by atoms with van der Waals surface area (Å²) in [5, 5.41) is 5.12. The zero-order valence-electron chi connectivity index (χ0n) is 20.8. The van der Waals surface area contributed by atoms with Crippen molar-refractivity contribution in [2.24, 2.45) is 5.92 Å². The molecule has 2 aliphatic carbocycles. The van der Waals surface area contributed by atoms with Gasteiger partial charge in [0.2, 0.25) is 11.8 Å². The van der Waals surface area contributed by atoms with Crippen LogP contribution < -0.4 is 10.6 Å². The molecule has 4 amide bonds. The number of likely N-dealkylation sites (N-methyl/N-ethyl adjacent to an activating group) is 1. The first kappa shape index (κ1) is 24.5. The summed E-state index contributed by atoms with van der Waals surface area (Å²) < 4.78 is 0. The maximum atomic E-state index is 13.5. The van der Waals surface area contributed by atoms with E-state index in [1.165, 1.54) is 31.9 Å². The highest BCUT2D eigenvalue weighted by molar-refractivity contribution is 5.88. The van der Waals surface area contributed by atoms with Gasteiger partial charge in [-0.1, -0.05) is 36.8 Å². The fraction of sp³-hybridized carbons (Fsp3) is 0.654. The largest absolute Gasteiger partial charge is 0.358 e. The standard InChI is InChI=1S/C26H39N5O3/c1-27-22(32)16-28-23(33)18-30-19-25(31(24(30)34)17-20-8-7-9-20)12-14-26(15-13-25,29(2)3)21-10-5-4-6-11-21/h4-6,10-11,20H,7-9,12-19H2,1-3H3,(H,27,32)(H,28,33). The molecule has 3 aliphatic rings. The van der Waals surface area contributed by atoms with E-state index in [-0.39, 0.29) is 42.0 Å². The average Bonchev–Trinajstić information content (AvgIpc) is 3.05. The van der Waals surface area contributed by atoms with Gasteiger partial charge in [0.25, 0.3) is 0 Å². The summed E-state index contributed by atoms with van der Waals surface area (Å²) in [5.41, 5.74) is 1.05. The molecule has 1 aliphatic heterocycles. The molecule has 1 aromatic carbocycles. The molecule has 0 bridgehead atoms. The molecule has 1 spiro atoms. The van der Waals surface area contributed by atoms with Gasteiger partial charge in [0.15, 0.2) is 0 Å². The monoisotopic (exact) mass is 469 g/mol. The quantitative estimate of drug-likeness (QED) is 0.611. The van der Waals surface area contributed by atoms with E-state index in [4.69, 9.17) is 0 Å². The van der Waals surface area contributed by atoms with Gasteiger partial charge >= 0.3 is 6.03 Å².